The van der Waals surface area contributed by atoms with E-state index >= 15 is 0 Å². The summed E-state index contributed by atoms with van der Waals surface area (Å²) in [5, 5.41) is 11.6. The molecule has 0 radical (unpaired) electrons. The molecule has 0 bridgehead atoms. The molecule has 0 fully saturated rings. The summed E-state index contributed by atoms with van der Waals surface area (Å²) in [6.07, 6.45) is 0. The number of fused-ring (bicyclic) bond motifs is 1. The molecular weight excluding hydrogens is 187 g/mol. The van der Waals surface area contributed by atoms with Gasteiger partial charge in [-0.2, -0.15) is 0 Å². The van der Waals surface area contributed by atoms with Gasteiger partial charge in [-0.1, -0.05) is 23.9 Å². The smallest absolute Gasteiger partial charge is 0.872 e. The van der Waals surface area contributed by atoms with Crippen LogP contribution in [0.3, 0.4) is 0 Å². The van der Waals surface area contributed by atoms with Crippen molar-refractivity contribution in [3.63, 3.8) is 0 Å². The van der Waals surface area contributed by atoms with E-state index in [1.54, 1.807) is 11.8 Å². The Morgan fingerprint density at radius 3 is 2.57 bits per heavy atom. The van der Waals surface area contributed by atoms with Gasteiger partial charge in [0.15, 0.2) is 0 Å². The molecule has 1 aliphatic rings. The first kappa shape index (κ1) is 11.4. The van der Waals surface area contributed by atoms with Crippen LogP contribution >= 0.6 is 0 Å². The third-order valence-electron chi connectivity index (χ3n) is 2.00. The fourth-order valence-corrected chi connectivity index (χ4v) is 3.06. The fourth-order valence-electron chi connectivity index (χ4n) is 1.47. The van der Waals surface area contributed by atoms with Crippen LogP contribution in [-0.4, -0.2) is 8.32 Å². The molecule has 2 rings (SSSR count). The van der Waals surface area contributed by atoms with Crippen molar-refractivity contribution in [2.45, 2.75) is 13.1 Å². The van der Waals surface area contributed by atoms with E-state index in [9.17, 15) is 5.11 Å². The van der Waals surface area contributed by atoms with Gasteiger partial charge in [-0.05, 0) is 19.2 Å². The average Bonchev–Trinajstić information content (AvgIpc) is 2.02. The Morgan fingerprint density at radius 1 is 1.21 bits per heavy atom. The minimum absolute atomic E-state index is 0. The summed E-state index contributed by atoms with van der Waals surface area (Å²) in [5.74, 6) is 0.852. The van der Waals surface area contributed by atoms with Crippen molar-refractivity contribution in [2.24, 2.45) is 0 Å². The van der Waals surface area contributed by atoms with Crippen molar-refractivity contribution in [2.75, 3.05) is 0 Å². The third-order valence-corrected chi connectivity index (χ3v) is 3.71. The van der Waals surface area contributed by atoms with E-state index in [0.717, 1.165) is 5.75 Å². The van der Waals surface area contributed by atoms with Crippen molar-refractivity contribution in [3.8, 4) is 5.75 Å². The summed E-state index contributed by atoms with van der Waals surface area (Å²) in [6, 6.07) is 7.41. The third kappa shape index (κ3) is 2.06. The molecule has 0 saturated carbocycles. The second kappa shape index (κ2) is 3.86. The molecule has 0 atom stereocenters. The van der Waals surface area contributed by atoms with Gasteiger partial charge in [0.1, 0.15) is 5.75 Å². The molecule has 0 N–H and O–H groups in total. The fraction of sp³-hybridized carbons (Fsp3) is 0.200. The van der Waals surface area contributed by atoms with Gasteiger partial charge in [0, 0.05) is 5.56 Å². The molecule has 1 heterocycles. The molecule has 1 aromatic carbocycles. The first-order valence-electron chi connectivity index (χ1n) is 4.27. The van der Waals surface area contributed by atoms with Crippen molar-refractivity contribution in [1.82, 2.24) is 0 Å². The van der Waals surface area contributed by atoms with Gasteiger partial charge in [-0.15, -0.1) is 5.76 Å². The number of hydrogen-bond acceptors (Lipinski definition) is 2. The maximum atomic E-state index is 11.6. The van der Waals surface area contributed by atoms with Crippen LogP contribution in [0.2, 0.25) is 13.1 Å². The SMILES string of the molecule is C[Si]1(C)C=C([O-])c2ccccc2O1.[Li+]. The van der Waals surface area contributed by atoms with Crippen molar-refractivity contribution in [3.05, 3.63) is 35.5 Å². The quantitative estimate of drug-likeness (QED) is 0.477. The molecule has 0 aromatic heterocycles. The van der Waals surface area contributed by atoms with Crippen LogP contribution in [0.25, 0.3) is 5.76 Å². The number of benzene rings is 1. The van der Waals surface area contributed by atoms with Gasteiger partial charge in [0.05, 0.1) is 0 Å². The summed E-state index contributed by atoms with van der Waals surface area (Å²) in [4.78, 5) is 0. The van der Waals surface area contributed by atoms with Crippen LogP contribution < -0.4 is 28.4 Å². The topological polar surface area (TPSA) is 32.3 Å². The number of hydrogen-bond donors (Lipinski definition) is 0. The summed E-state index contributed by atoms with van der Waals surface area (Å²) in [6.45, 7) is 4.03. The van der Waals surface area contributed by atoms with Gasteiger partial charge in [0.2, 0.25) is 0 Å². The normalized spacial score (nSPS) is 17.1. The second-order valence-corrected chi connectivity index (χ2v) is 7.41. The monoisotopic (exact) mass is 198 g/mol. The summed E-state index contributed by atoms with van der Waals surface area (Å²) >= 11 is 0. The number of rotatable bonds is 0. The Kier molecular flexibility index (Phi) is 3.15. The molecule has 1 aliphatic heterocycles. The minimum atomic E-state index is -1.88. The Balaban J connectivity index is 0.000000980. The molecule has 14 heavy (non-hydrogen) atoms. The molecule has 1 aromatic rings. The molecule has 68 valence electrons. The van der Waals surface area contributed by atoms with Crippen LogP contribution in [0, 0.1) is 0 Å². The summed E-state index contributed by atoms with van der Waals surface area (Å²) in [5.41, 5.74) is 2.43. The van der Waals surface area contributed by atoms with E-state index in [1.807, 2.05) is 31.3 Å². The maximum absolute atomic E-state index is 11.6. The van der Waals surface area contributed by atoms with Crippen LogP contribution in [-0.2, 0) is 0 Å². The second-order valence-electron chi connectivity index (χ2n) is 3.71. The van der Waals surface area contributed by atoms with E-state index in [-0.39, 0.29) is 24.6 Å². The van der Waals surface area contributed by atoms with Crippen molar-refractivity contribution in [1.29, 1.82) is 0 Å². The molecule has 0 amide bonds. The molecule has 0 spiro atoms. The molecule has 2 nitrogen and oxygen atoms in total. The van der Waals surface area contributed by atoms with Crippen LogP contribution in [0.4, 0.5) is 0 Å². The molecule has 0 aliphatic carbocycles. The molecule has 4 heteroatoms. The summed E-state index contributed by atoms with van der Waals surface area (Å²) < 4.78 is 5.75. The predicted molar refractivity (Wildman–Crippen MR) is 52.5 cm³/mol. The van der Waals surface area contributed by atoms with E-state index in [4.69, 9.17) is 4.43 Å². The standard InChI is InChI=1S/C10H12O2Si.Li/c1-13(2)7-9(11)8-5-3-4-6-10(8)12-13;/h3-7,11H,1-2H3;/q;+1/p-1. The largest absolute Gasteiger partial charge is 1.00 e. The maximum Gasteiger partial charge on any atom is 1.00 e. The first-order valence-corrected chi connectivity index (χ1v) is 7.25. The van der Waals surface area contributed by atoms with Gasteiger partial charge in [0.25, 0.3) is 8.32 Å². The Bertz CT molecular complexity index is 374. The van der Waals surface area contributed by atoms with Crippen LogP contribution in [0.5, 0.6) is 5.75 Å². The van der Waals surface area contributed by atoms with Gasteiger partial charge < -0.3 is 9.53 Å². The van der Waals surface area contributed by atoms with Crippen molar-refractivity contribution >= 4 is 14.1 Å². The van der Waals surface area contributed by atoms with Gasteiger partial charge in [-0.25, -0.2) is 0 Å². The zero-order valence-electron chi connectivity index (χ0n) is 8.70. The van der Waals surface area contributed by atoms with E-state index < -0.39 is 8.32 Å². The molecule has 0 saturated heterocycles. The zero-order chi connectivity index (χ0) is 9.47. The zero-order valence-corrected chi connectivity index (χ0v) is 9.70. The predicted octanol–water partition coefficient (Wildman–Crippen LogP) is -1.47. The Morgan fingerprint density at radius 2 is 1.86 bits per heavy atom. The van der Waals surface area contributed by atoms with Crippen LogP contribution in [0.15, 0.2) is 30.0 Å². The average molecular weight is 198 g/mol. The first-order chi connectivity index (χ1) is 6.08. The van der Waals surface area contributed by atoms with E-state index in [2.05, 4.69) is 0 Å². The molecule has 0 unspecified atom stereocenters. The Labute approximate surface area is 96.9 Å². The molecular formula is C10H11LiO2Si. The van der Waals surface area contributed by atoms with Crippen molar-refractivity contribution < 1.29 is 28.4 Å². The number of para-hydroxylation sites is 1. The van der Waals surface area contributed by atoms with Gasteiger partial charge >= 0.3 is 18.9 Å². The van der Waals surface area contributed by atoms with E-state index in [1.165, 1.54) is 0 Å². The minimum Gasteiger partial charge on any atom is -0.872 e. The Hall–Kier alpha value is -0.626. The summed E-state index contributed by atoms with van der Waals surface area (Å²) in [7, 11) is -1.88. The van der Waals surface area contributed by atoms with Crippen LogP contribution in [0.1, 0.15) is 5.56 Å². The van der Waals surface area contributed by atoms with E-state index in [0.29, 0.717) is 5.56 Å². The van der Waals surface area contributed by atoms with Gasteiger partial charge in [-0.3, -0.25) is 0 Å².